The van der Waals surface area contributed by atoms with Crippen LogP contribution in [0.2, 0.25) is 0 Å². The molecule has 0 saturated heterocycles. The number of carbonyl (C=O) groups is 2. The van der Waals surface area contributed by atoms with Crippen molar-refractivity contribution in [3.05, 3.63) is 29.3 Å². The van der Waals surface area contributed by atoms with Crippen LogP contribution in [0, 0.1) is 0 Å². The Labute approximate surface area is 93.0 Å². The molecule has 5 heteroatoms. The van der Waals surface area contributed by atoms with Gasteiger partial charge in [-0.05, 0) is 18.2 Å². The van der Waals surface area contributed by atoms with E-state index in [0.717, 1.165) is 6.07 Å². The summed E-state index contributed by atoms with van der Waals surface area (Å²) in [6.07, 6.45) is 0. The van der Waals surface area contributed by atoms with Gasteiger partial charge in [0.25, 0.3) is 0 Å². The average molecular weight is 228 g/mol. The topological polar surface area (TPSA) is 74.6 Å². The lowest BCUT2D eigenvalue weighted by atomic mass is 10.1. The van der Waals surface area contributed by atoms with Crippen LogP contribution in [0.15, 0.2) is 23.1 Å². The van der Waals surface area contributed by atoms with E-state index >= 15 is 0 Å². The van der Waals surface area contributed by atoms with E-state index in [1.807, 2.05) is 13.8 Å². The first kappa shape index (κ1) is 13.5. The molecular weight excluding hydrogens is 216 g/mol. The van der Waals surface area contributed by atoms with Gasteiger partial charge in [-0.15, -0.1) is 12.6 Å². The molecule has 4 nitrogen and oxygen atoms in total. The number of benzene rings is 1. The van der Waals surface area contributed by atoms with Crippen LogP contribution in [0.25, 0.3) is 0 Å². The number of hydrogen-bond acceptors (Lipinski definition) is 3. The fourth-order valence-electron chi connectivity index (χ4n) is 0.858. The van der Waals surface area contributed by atoms with Gasteiger partial charge in [-0.1, -0.05) is 13.8 Å². The van der Waals surface area contributed by atoms with Crippen LogP contribution in [-0.2, 0) is 0 Å². The van der Waals surface area contributed by atoms with Crippen molar-refractivity contribution in [1.82, 2.24) is 0 Å². The Morgan fingerprint density at radius 3 is 1.60 bits per heavy atom. The Hall–Kier alpha value is -1.49. The van der Waals surface area contributed by atoms with Crippen LogP contribution < -0.4 is 0 Å². The van der Waals surface area contributed by atoms with Gasteiger partial charge in [-0.2, -0.15) is 0 Å². The summed E-state index contributed by atoms with van der Waals surface area (Å²) in [4.78, 5) is 21.3. The molecule has 0 amide bonds. The van der Waals surface area contributed by atoms with E-state index in [1.54, 1.807) is 0 Å². The number of aromatic carboxylic acids is 2. The predicted molar refractivity (Wildman–Crippen MR) is 59.0 cm³/mol. The average Bonchev–Trinajstić information content (AvgIpc) is 2.19. The zero-order valence-electron chi connectivity index (χ0n) is 8.39. The molecule has 0 atom stereocenters. The summed E-state index contributed by atoms with van der Waals surface area (Å²) in [5, 5.41) is 17.2. The second-order valence-corrected chi connectivity index (χ2v) is 2.90. The smallest absolute Gasteiger partial charge is 0.335 e. The zero-order chi connectivity index (χ0) is 12.0. The first-order valence-electron chi connectivity index (χ1n) is 4.31. The molecular formula is C10H12O4S. The highest BCUT2D eigenvalue weighted by atomic mass is 32.1. The van der Waals surface area contributed by atoms with Crippen LogP contribution in [-0.4, -0.2) is 22.2 Å². The quantitative estimate of drug-likeness (QED) is 0.679. The van der Waals surface area contributed by atoms with Crippen LogP contribution in [0.1, 0.15) is 34.6 Å². The largest absolute Gasteiger partial charge is 0.478 e. The lowest BCUT2D eigenvalue weighted by Gasteiger charge is -1.99. The molecule has 15 heavy (non-hydrogen) atoms. The summed E-state index contributed by atoms with van der Waals surface area (Å²) < 4.78 is 0. The van der Waals surface area contributed by atoms with Gasteiger partial charge in [0.15, 0.2) is 0 Å². The maximum Gasteiger partial charge on any atom is 0.335 e. The van der Waals surface area contributed by atoms with Crippen LogP contribution in [0.4, 0.5) is 0 Å². The minimum atomic E-state index is -1.17. The lowest BCUT2D eigenvalue weighted by Crippen LogP contribution is -2.02. The third-order valence-electron chi connectivity index (χ3n) is 1.41. The second kappa shape index (κ2) is 6.08. The van der Waals surface area contributed by atoms with Crippen molar-refractivity contribution in [3.63, 3.8) is 0 Å². The molecule has 1 aromatic rings. The van der Waals surface area contributed by atoms with Gasteiger partial charge in [0.2, 0.25) is 0 Å². The summed E-state index contributed by atoms with van der Waals surface area (Å²) in [5.41, 5.74) is -0.158. The van der Waals surface area contributed by atoms with Crippen molar-refractivity contribution in [2.45, 2.75) is 18.7 Å². The Balaban J connectivity index is 0.000000921. The first-order chi connectivity index (χ1) is 7.00. The van der Waals surface area contributed by atoms with Gasteiger partial charge in [-0.3, -0.25) is 0 Å². The predicted octanol–water partition coefficient (Wildman–Crippen LogP) is 2.40. The monoisotopic (exact) mass is 228 g/mol. The Morgan fingerprint density at radius 2 is 1.33 bits per heavy atom. The molecule has 0 aromatic heterocycles. The van der Waals surface area contributed by atoms with Gasteiger partial charge < -0.3 is 10.2 Å². The molecule has 0 radical (unpaired) electrons. The molecule has 0 saturated carbocycles. The van der Waals surface area contributed by atoms with Crippen LogP contribution in [0.3, 0.4) is 0 Å². The van der Waals surface area contributed by atoms with Crippen molar-refractivity contribution in [2.24, 2.45) is 0 Å². The Bertz CT molecular complexity index is 341. The SMILES string of the molecule is CC.O=C(O)c1cc(S)cc(C(=O)O)c1. The van der Waals surface area contributed by atoms with E-state index in [2.05, 4.69) is 12.6 Å². The highest BCUT2D eigenvalue weighted by molar-refractivity contribution is 7.80. The molecule has 82 valence electrons. The van der Waals surface area contributed by atoms with Crippen molar-refractivity contribution >= 4 is 24.6 Å². The van der Waals surface area contributed by atoms with Gasteiger partial charge in [0, 0.05) is 4.90 Å². The molecule has 0 fully saturated rings. The van der Waals surface area contributed by atoms with E-state index in [1.165, 1.54) is 12.1 Å². The maximum absolute atomic E-state index is 10.5. The molecule has 0 unspecified atom stereocenters. The minimum absolute atomic E-state index is 0.0788. The molecule has 0 aliphatic rings. The minimum Gasteiger partial charge on any atom is -0.478 e. The normalized spacial score (nSPS) is 8.73. The van der Waals surface area contributed by atoms with E-state index in [-0.39, 0.29) is 11.1 Å². The summed E-state index contributed by atoms with van der Waals surface area (Å²) in [6.45, 7) is 4.00. The number of carboxylic acids is 2. The molecule has 0 aliphatic carbocycles. The van der Waals surface area contributed by atoms with Crippen molar-refractivity contribution < 1.29 is 19.8 Å². The number of thiol groups is 1. The Kier molecular flexibility index (Phi) is 5.48. The van der Waals surface area contributed by atoms with Gasteiger partial charge in [0.1, 0.15) is 0 Å². The fraction of sp³-hybridized carbons (Fsp3) is 0.200. The van der Waals surface area contributed by atoms with Gasteiger partial charge in [0.05, 0.1) is 11.1 Å². The molecule has 0 spiro atoms. The second-order valence-electron chi connectivity index (χ2n) is 2.38. The van der Waals surface area contributed by atoms with E-state index in [9.17, 15) is 9.59 Å². The van der Waals surface area contributed by atoms with Gasteiger partial charge >= 0.3 is 11.9 Å². The molecule has 0 aliphatic heterocycles. The molecule has 0 bridgehead atoms. The molecule has 1 aromatic carbocycles. The zero-order valence-corrected chi connectivity index (χ0v) is 9.28. The van der Waals surface area contributed by atoms with E-state index in [0.29, 0.717) is 4.90 Å². The molecule has 2 N–H and O–H groups in total. The number of rotatable bonds is 2. The number of carboxylic acid groups (broad SMARTS) is 2. The molecule has 1 rings (SSSR count). The standard InChI is InChI=1S/C8H6O4S.C2H6/c9-7(10)4-1-5(8(11)12)3-6(13)2-4;1-2/h1-3,13H,(H,9,10)(H,11,12);1-2H3. The summed E-state index contributed by atoms with van der Waals surface area (Å²) >= 11 is 3.89. The maximum atomic E-state index is 10.5. The van der Waals surface area contributed by atoms with E-state index < -0.39 is 11.9 Å². The highest BCUT2D eigenvalue weighted by Crippen LogP contribution is 2.13. The van der Waals surface area contributed by atoms with Gasteiger partial charge in [-0.25, -0.2) is 9.59 Å². The van der Waals surface area contributed by atoms with Crippen LogP contribution in [0.5, 0.6) is 0 Å². The van der Waals surface area contributed by atoms with Crippen molar-refractivity contribution in [1.29, 1.82) is 0 Å². The summed E-state index contributed by atoms with van der Waals surface area (Å²) in [7, 11) is 0. The van der Waals surface area contributed by atoms with Crippen molar-refractivity contribution in [3.8, 4) is 0 Å². The fourth-order valence-corrected chi connectivity index (χ4v) is 1.14. The first-order valence-corrected chi connectivity index (χ1v) is 4.76. The molecule has 0 heterocycles. The van der Waals surface area contributed by atoms with E-state index in [4.69, 9.17) is 10.2 Å². The number of hydrogen-bond donors (Lipinski definition) is 3. The Morgan fingerprint density at radius 1 is 1.00 bits per heavy atom. The van der Waals surface area contributed by atoms with Crippen molar-refractivity contribution in [2.75, 3.05) is 0 Å². The lowest BCUT2D eigenvalue weighted by molar-refractivity contribution is 0.0696. The van der Waals surface area contributed by atoms with Crippen LogP contribution >= 0.6 is 12.6 Å². The highest BCUT2D eigenvalue weighted by Gasteiger charge is 2.09. The third kappa shape index (κ3) is 4.03. The summed E-state index contributed by atoms with van der Waals surface area (Å²) in [5.74, 6) is -2.34. The summed E-state index contributed by atoms with van der Waals surface area (Å²) in [6, 6.07) is 3.67. The third-order valence-corrected chi connectivity index (χ3v) is 1.67.